The molecule has 1 aliphatic heterocycles. The Morgan fingerprint density at radius 3 is 3.00 bits per heavy atom. The number of hydrogen-bond acceptors (Lipinski definition) is 1. The first-order valence-corrected chi connectivity index (χ1v) is 7.55. The van der Waals surface area contributed by atoms with Crippen LogP contribution in [0, 0.1) is 5.92 Å². The van der Waals surface area contributed by atoms with Crippen molar-refractivity contribution in [1.29, 1.82) is 0 Å². The van der Waals surface area contributed by atoms with E-state index < -0.39 is 0 Å². The molecule has 0 amide bonds. The highest BCUT2D eigenvalue weighted by Gasteiger charge is 2.24. The van der Waals surface area contributed by atoms with Gasteiger partial charge in [-0.3, -0.25) is 4.90 Å². The van der Waals surface area contributed by atoms with Crippen LogP contribution in [-0.2, 0) is 0 Å². The minimum atomic E-state index is 0.621. The molecule has 0 aliphatic carbocycles. The molecule has 2 aromatic rings. The standard InChI is InChI=1S/C17H24N2/c1-13(2)12-19-10-4-3-5-17(19)15-6-7-16-14(11-15)8-9-18-16/h6-9,11,13,17-18H,3-5,10,12H2,1-2H3. The zero-order valence-electron chi connectivity index (χ0n) is 12.0. The molecule has 0 spiro atoms. The third kappa shape index (κ3) is 2.69. The van der Waals surface area contributed by atoms with E-state index in [0.29, 0.717) is 6.04 Å². The fourth-order valence-corrected chi connectivity index (χ4v) is 3.34. The molecule has 102 valence electrons. The number of likely N-dealkylation sites (tertiary alicyclic amines) is 1. The molecule has 19 heavy (non-hydrogen) atoms. The van der Waals surface area contributed by atoms with Gasteiger partial charge in [0.2, 0.25) is 0 Å². The third-order valence-electron chi connectivity index (χ3n) is 4.18. The van der Waals surface area contributed by atoms with E-state index in [1.807, 2.05) is 6.20 Å². The fourth-order valence-electron chi connectivity index (χ4n) is 3.34. The van der Waals surface area contributed by atoms with Gasteiger partial charge >= 0.3 is 0 Å². The summed E-state index contributed by atoms with van der Waals surface area (Å²) in [6.07, 6.45) is 6.06. The van der Waals surface area contributed by atoms with Gasteiger partial charge in [-0.1, -0.05) is 26.3 Å². The van der Waals surface area contributed by atoms with Crippen LogP contribution in [0.2, 0.25) is 0 Å². The monoisotopic (exact) mass is 256 g/mol. The van der Waals surface area contributed by atoms with Crippen LogP contribution in [0.1, 0.15) is 44.7 Å². The highest BCUT2D eigenvalue weighted by Crippen LogP contribution is 2.32. The molecule has 1 unspecified atom stereocenters. The van der Waals surface area contributed by atoms with Crippen LogP contribution in [0.25, 0.3) is 10.9 Å². The summed E-state index contributed by atoms with van der Waals surface area (Å²) in [7, 11) is 0. The SMILES string of the molecule is CC(C)CN1CCCCC1c1ccc2[nH]ccc2c1. The summed E-state index contributed by atoms with van der Waals surface area (Å²) >= 11 is 0. The average Bonchev–Trinajstić information content (AvgIpc) is 2.86. The molecule has 1 aliphatic rings. The number of fused-ring (bicyclic) bond motifs is 1. The van der Waals surface area contributed by atoms with Crippen LogP contribution >= 0.6 is 0 Å². The molecule has 2 heterocycles. The summed E-state index contributed by atoms with van der Waals surface area (Å²) in [6.45, 7) is 7.12. The van der Waals surface area contributed by atoms with E-state index in [-0.39, 0.29) is 0 Å². The van der Waals surface area contributed by atoms with Crippen molar-refractivity contribution in [2.24, 2.45) is 5.92 Å². The van der Waals surface area contributed by atoms with Crippen molar-refractivity contribution in [3.8, 4) is 0 Å². The Labute approximate surface area is 115 Å². The summed E-state index contributed by atoms with van der Waals surface area (Å²) in [4.78, 5) is 5.96. The summed E-state index contributed by atoms with van der Waals surface area (Å²) in [5, 5.41) is 1.34. The van der Waals surface area contributed by atoms with Gasteiger partial charge in [0.15, 0.2) is 0 Å². The first-order valence-electron chi connectivity index (χ1n) is 7.55. The molecule has 1 saturated heterocycles. The van der Waals surface area contributed by atoms with Gasteiger partial charge in [-0.15, -0.1) is 0 Å². The maximum atomic E-state index is 3.28. The lowest BCUT2D eigenvalue weighted by Gasteiger charge is -2.37. The van der Waals surface area contributed by atoms with Crippen molar-refractivity contribution in [2.45, 2.75) is 39.2 Å². The van der Waals surface area contributed by atoms with Crippen molar-refractivity contribution in [1.82, 2.24) is 9.88 Å². The van der Waals surface area contributed by atoms with E-state index in [2.05, 4.69) is 48.0 Å². The van der Waals surface area contributed by atoms with Crippen LogP contribution < -0.4 is 0 Å². The normalized spacial score (nSPS) is 21.3. The number of nitrogens with zero attached hydrogens (tertiary/aromatic N) is 1. The summed E-state index contributed by atoms with van der Waals surface area (Å²) in [5.41, 5.74) is 2.74. The number of aromatic nitrogens is 1. The molecule has 2 heteroatoms. The first kappa shape index (κ1) is 12.7. The Bertz CT molecular complexity index is 541. The molecule has 1 aromatic heterocycles. The van der Waals surface area contributed by atoms with Crippen LogP contribution in [-0.4, -0.2) is 23.0 Å². The van der Waals surface area contributed by atoms with Crippen molar-refractivity contribution in [2.75, 3.05) is 13.1 Å². The largest absolute Gasteiger partial charge is 0.361 e. The minimum absolute atomic E-state index is 0.621. The van der Waals surface area contributed by atoms with Crippen molar-refractivity contribution in [3.05, 3.63) is 36.0 Å². The molecule has 1 N–H and O–H groups in total. The number of H-pyrrole nitrogens is 1. The van der Waals surface area contributed by atoms with E-state index >= 15 is 0 Å². The van der Waals surface area contributed by atoms with Crippen molar-refractivity contribution >= 4 is 10.9 Å². The Morgan fingerprint density at radius 2 is 2.16 bits per heavy atom. The van der Waals surface area contributed by atoms with E-state index in [1.165, 1.54) is 48.8 Å². The minimum Gasteiger partial charge on any atom is -0.361 e. The summed E-state index contributed by atoms with van der Waals surface area (Å²) in [6, 6.07) is 9.70. The maximum Gasteiger partial charge on any atom is 0.0454 e. The van der Waals surface area contributed by atoms with Gasteiger partial charge in [0.25, 0.3) is 0 Å². The fraction of sp³-hybridized carbons (Fsp3) is 0.529. The zero-order chi connectivity index (χ0) is 13.2. The molecular weight excluding hydrogens is 232 g/mol. The highest BCUT2D eigenvalue weighted by atomic mass is 15.2. The highest BCUT2D eigenvalue weighted by molar-refractivity contribution is 5.80. The Morgan fingerprint density at radius 1 is 1.26 bits per heavy atom. The second-order valence-electron chi connectivity index (χ2n) is 6.22. The van der Waals surface area contributed by atoms with Gasteiger partial charge in [0.1, 0.15) is 0 Å². The zero-order valence-corrected chi connectivity index (χ0v) is 12.0. The Hall–Kier alpha value is -1.28. The quantitative estimate of drug-likeness (QED) is 0.865. The van der Waals surface area contributed by atoms with Gasteiger partial charge < -0.3 is 4.98 Å². The number of piperidine rings is 1. The van der Waals surface area contributed by atoms with Gasteiger partial charge in [-0.25, -0.2) is 0 Å². The predicted octanol–water partition coefficient (Wildman–Crippen LogP) is 4.35. The number of nitrogens with one attached hydrogen (secondary N) is 1. The summed E-state index contributed by atoms with van der Waals surface area (Å²) in [5.74, 6) is 0.747. The molecule has 1 fully saturated rings. The second kappa shape index (κ2) is 5.38. The lowest BCUT2D eigenvalue weighted by Crippen LogP contribution is -2.36. The van der Waals surface area contributed by atoms with E-state index in [1.54, 1.807) is 0 Å². The molecule has 1 atom stereocenters. The molecule has 3 rings (SSSR count). The van der Waals surface area contributed by atoms with Crippen LogP contribution in [0.4, 0.5) is 0 Å². The van der Waals surface area contributed by atoms with Gasteiger partial charge in [-0.2, -0.15) is 0 Å². The number of hydrogen-bond donors (Lipinski definition) is 1. The third-order valence-corrected chi connectivity index (χ3v) is 4.18. The lowest BCUT2D eigenvalue weighted by molar-refractivity contribution is 0.132. The van der Waals surface area contributed by atoms with Crippen LogP contribution in [0.3, 0.4) is 0 Å². The van der Waals surface area contributed by atoms with Crippen molar-refractivity contribution in [3.63, 3.8) is 0 Å². The summed E-state index contributed by atoms with van der Waals surface area (Å²) < 4.78 is 0. The number of benzene rings is 1. The lowest BCUT2D eigenvalue weighted by atomic mass is 9.93. The molecular formula is C17H24N2. The van der Waals surface area contributed by atoms with Gasteiger partial charge in [0.05, 0.1) is 0 Å². The maximum absolute atomic E-state index is 3.28. The topological polar surface area (TPSA) is 19.0 Å². The van der Waals surface area contributed by atoms with Gasteiger partial charge in [0, 0.05) is 24.3 Å². The average molecular weight is 256 g/mol. The van der Waals surface area contributed by atoms with E-state index in [4.69, 9.17) is 0 Å². The Balaban J connectivity index is 1.88. The Kier molecular flexibility index (Phi) is 3.61. The first-order chi connectivity index (χ1) is 9.24. The van der Waals surface area contributed by atoms with Crippen LogP contribution in [0.15, 0.2) is 30.5 Å². The number of rotatable bonds is 3. The number of aromatic amines is 1. The van der Waals surface area contributed by atoms with Gasteiger partial charge in [-0.05, 0) is 54.5 Å². The van der Waals surface area contributed by atoms with E-state index in [9.17, 15) is 0 Å². The van der Waals surface area contributed by atoms with Crippen LogP contribution in [0.5, 0.6) is 0 Å². The molecule has 0 radical (unpaired) electrons. The predicted molar refractivity (Wildman–Crippen MR) is 81.3 cm³/mol. The van der Waals surface area contributed by atoms with E-state index in [0.717, 1.165) is 5.92 Å². The molecule has 1 aromatic carbocycles. The second-order valence-corrected chi connectivity index (χ2v) is 6.22. The smallest absolute Gasteiger partial charge is 0.0454 e. The molecule has 0 bridgehead atoms. The van der Waals surface area contributed by atoms with Crippen molar-refractivity contribution < 1.29 is 0 Å². The molecule has 2 nitrogen and oxygen atoms in total. The molecule has 0 saturated carbocycles.